The van der Waals surface area contributed by atoms with Crippen molar-refractivity contribution in [2.45, 2.75) is 38.6 Å². The van der Waals surface area contributed by atoms with Crippen LogP contribution in [0.25, 0.3) is 10.8 Å². The lowest BCUT2D eigenvalue weighted by Crippen LogP contribution is -2.56. The number of carbonyl (C=O) groups is 1. The van der Waals surface area contributed by atoms with Crippen molar-refractivity contribution in [3.63, 3.8) is 0 Å². The fraction of sp³-hybridized carbons (Fsp3) is 0.536. The lowest BCUT2D eigenvalue weighted by molar-refractivity contribution is -0.117. The monoisotopic (exact) mass is 488 g/mol. The van der Waals surface area contributed by atoms with Gasteiger partial charge in [-0.25, -0.2) is 4.98 Å². The Kier molecular flexibility index (Phi) is 5.76. The first kappa shape index (κ1) is 23.4. The number of benzene rings is 1. The molecule has 8 nitrogen and oxygen atoms in total. The molecule has 0 radical (unpaired) electrons. The number of aromatic nitrogens is 3. The summed E-state index contributed by atoms with van der Waals surface area (Å²) in [5.41, 5.74) is 3.84. The molecule has 3 aliphatic rings. The lowest BCUT2D eigenvalue weighted by Gasteiger charge is -2.44. The maximum absolute atomic E-state index is 13.0. The SMILES string of the molecule is Cc1cc2cnc(NC(=O)[C@H]3[C@@H](C)[C@@H]3c3cnn(C)c3)cc2cc1N1CCN([C@@]2(C)CCOC2)CC1. The summed E-state index contributed by atoms with van der Waals surface area (Å²) in [5, 5.41) is 9.54. The normalized spacial score (nSPS) is 28.6. The van der Waals surface area contributed by atoms with Gasteiger partial charge < -0.3 is 15.0 Å². The molecule has 0 unspecified atom stereocenters. The third-order valence-corrected chi connectivity index (χ3v) is 8.66. The van der Waals surface area contributed by atoms with Crippen LogP contribution < -0.4 is 10.2 Å². The number of fused-ring (bicyclic) bond motifs is 1. The topological polar surface area (TPSA) is 75.5 Å². The molecule has 2 aromatic heterocycles. The number of nitrogens with one attached hydrogen (secondary N) is 1. The van der Waals surface area contributed by atoms with Crippen molar-refractivity contribution in [2.75, 3.05) is 49.6 Å². The molecule has 190 valence electrons. The van der Waals surface area contributed by atoms with Crippen LogP contribution >= 0.6 is 0 Å². The van der Waals surface area contributed by atoms with E-state index in [4.69, 9.17) is 4.74 Å². The Balaban J connectivity index is 1.16. The minimum Gasteiger partial charge on any atom is -0.379 e. The van der Waals surface area contributed by atoms with Crippen LogP contribution in [0.1, 0.15) is 37.3 Å². The van der Waals surface area contributed by atoms with Gasteiger partial charge in [-0.05, 0) is 60.9 Å². The molecule has 6 rings (SSSR count). The Morgan fingerprint density at radius 3 is 2.64 bits per heavy atom. The predicted octanol–water partition coefficient (Wildman–Crippen LogP) is 3.57. The molecular formula is C28H36N6O2. The average Bonchev–Trinajstić information content (AvgIpc) is 3.15. The van der Waals surface area contributed by atoms with Gasteiger partial charge in [0.15, 0.2) is 0 Å². The van der Waals surface area contributed by atoms with E-state index < -0.39 is 0 Å². The van der Waals surface area contributed by atoms with Gasteiger partial charge in [0, 0.05) is 80.7 Å². The van der Waals surface area contributed by atoms with Crippen molar-refractivity contribution in [3.8, 4) is 0 Å². The molecule has 4 atom stereocenters. The van der Waals surface area contributed by atoms with Gasteiger partial charge in [-0.2, -0.15) is 5.10 Å². The Morgan fingerprint density at radius 1 is 1.14 bits per heavy atom. The molecule has 1 amide bonds. The third kappa shape index (κ3) is 4.16. The number of nitrogens with zero attached hydrogens (tertiary/aromatic N) is 5. The van der Waals surface area contributed by atoms with Crippen molar-refractivity contribution < 1.29 is 9.53 Å². The van der Waals surface area contributed by atoms with Crippen LogP contribution in [-0.2, 0) is 16.6 Å². The molecule has 1 saturated carbocycles. The largest absolute Gasteiger partial charge is 0.379 e. The van der Waals surface area contributed by atoms with Gasteiger partial charge in [0.05, 0.1) is 12.8 Å². The van der Waals surface area contributed by atoms with Gasteiger partial charge in [0.2, 0.25) is 5.91 Å². The number of pyridine rings is 1. The van der Waals surface area contributed by atoms with E-state index in [1.54, 1.807) is 4.68 Å². The molecule has 1 aromatic carbocycles. The summed E-state index contributed by atoms with van der Waals surface area (Å²) in [6, 6.07) is 6.48. The highest BCUT2D eigenvalue weighted by molar-refractivity contribution is 5.97. The van der Waals surface area contributed by atoms with Gasteiger partial charge in [0.25, 0.3) is 0 Å². The van der Waals surface area contributed by atoms with Gasteiger partial charge in [-0.3, -0.25) is 14.4 Å². The first-order chi connectivity index (χ1) is 17.3. The Morgan fingerprint density at radius 2 is 1.94 bits per heavy atom. The van der Waals surface area contributed by atoms with E-state index in [-0.39, 0.29) is 23.3 Å². The van der Waals surface area contributed by atoms with Crippen molar-refractivity contribution in [2.24, 2.45) is 18.9 Å². The van der Waals surface area contributed by atoms with Crippen LogP contribution in [0.4, 0.5) is 11.5 Å². The number of rotatable bonds is 5. The van der Waals surface area contributed by atoms with E-state index >= 15 is 0 Å². The van der Waals surface area contributed by atoms with Gasteiger partial charge in [0.1, 0.15) is 5.82 Å². The molecule has 3 fully saturated rings. The van der Waals surface area contributed by atoms with Gasteiger partial charge >= 0.3 is 0 Å². The highest BCUT2D eigenvalue weighted by atomic mass is 16.5. The van der Waals surface area contributed by atoms with E-state index in [1.165, 1.54) is 11.3 Å². The van der Waals surface area contributed by atoms with Crippen LogP contribution in [0.2, 0.25) is 0 Å². The molecule has 8 heteroatoms. The maximum Gasteiger partial charge on any atom is 0.229 e. The summed E-state index contributed by atoms with van der Waals surface area (Å²) in [4.78, 5) is 22.7. The number of anilines is 2. The average molecular weight is 489 g/mol. The van der Waals surface area contributed by atoms with Crippen LogP contribution in [0.15, 0.2) is 36.8 Å². The summed E-state index contributed by atoms with van der Waals surface area (Å²) >= 11 is 0. The molecule has 2 saturated heterocycles. The molecule has 0 bridgehead atoms. The molecular weight excluding hydrogens is 452 g/mol. The fourth-order valence-electron chi connectivity index (χ4n) is 6.29. The second-order valence-corrected chi connectivity index (χ2v) is 11.2. The van der Waals surface area contributed by atoms with Crippen LogP contribution in [0.3, 0.4) is 0 Å². The molecule has 1 N–H and O–H groups in total. The number of hydrogen-bond acceptors (Lipinski definition) is 6. The number of piperazine rings is 1. The molecule has 4 heterocycles. The van der Waals surface area contributed by atoms with Crippen molar-refractivity contribution in [1.29, 1.82) is 0 Å². The maximum atomic E-state index is 13.0. The smallest absolute Gasteiger partial charge is 0.229 e. The number of amides is 1. The Labute approximate surface area is 212 Å². The van der Waals surface area contributed by atoms with Crippen molar-refractivity contribution in [3.05, 3.63) is 47.9 Å². The second kappa shape index (κ2) is 8.85. The summed E-state index contributed by atoms with van der Waals surface area (Å²) < 4.78 is 7.48. The fourth-order valence-corrected chi connectivity index (χ4v) is 6.29. The second-order valence-electron chi connectivity index (χ2n) is 11.2. The summed E-state index contributed by atoms with van der Waals surface area (Å²) in [6.45, 7) is 12.5. The zero-order valence-corrected chi connectivity index (χ0v) is 21.7. The zero-order chi connectivity index (χ0) is 25.0. The summed E-state index contributed by atoms with van der Waals surface area (Å²) in [7, 11) is 1.91. The standard InChI is InChI=1S/C28H36N6O2/c1-18-11-21-14-29-24(31-27(35)26-19(2)25(26)22-15-30-32(4)16-22)13-20(21)12-23(18)33-6-8-34(9-7-33)28(3)5-10-36-17-28/h11-16,19,25-26H,5-10,17H2,1-4H3,(H,29,31,35)/t19-,25+,26-,28-/m0/s1. The summed E-state index contributed by atoms with van der Waals surface area (Å²) in [5.74, 6) is 1.15. The minimum absolute atomic E-state index is 0.0380. The number of carbonyl (C=O) groups excluding carboxylic acids is 1. The Hall–Kier alpha value is -2.97. The van der Waals surface area contributed by atoms with Crippen molar-refractivity contribution >= 4 is 28.2 Å². The zero-order valence-electron chi connectivity index (χ0n) is 21.7. The molecule has 2 aliphatic heterocycles. The van der Waals surface area contributed by atoms with E-state index in [9.17, 15) is 4.79 Å². The van der Waals surface area contributed by atoms with Crippen LogP contribution in [0.5, 0.6) is 0 Å². The van der Waals surface area contributed by atoms with Gasteiger partial charge in [-0.15, -0.1) is 0 Å². The predicted molar refractivity (Wildman–Crippen MR) is 141 cm³/mol. The number of ether oxygens (including phenoxy) is 1. The molecule has 3 aromatic rings. The molecule has 1 aliphatic carbocycles. The minimum atomic E-state index is -0.0382. The Bertz CT molecular complexity index is 1290. The highest BCUT2D eigenvalue weighted by Crippen LogP contribution is 2.54. The number of hydrogen-bond donors (Lipinski definition) is 1. The first-order valence-corrected chi connectivity index (χ1v) is 13.1. The number of aryl methyl sites for hydroxylation is 2. The van der Waals surface area contributed by atoms with Gasteiger partial charge in [-0.1, -0.05) is 6.92 Å². The van der Waals surface area contributed by atoms with E-state index in [1.807, 2.05) is 31.7 Å². The third-order valence-electron chi connectivity index (χ3n) is 8.66. The quantitative estimate of drug-likeness (QED) is 0.592. The highest BCUT2D eigenvalue weighted by Gasteiger charge is 2.53. The molecule has 0 spiro atoms. The summed E-state index contributed by atoms with van der Waals surface area (Å²) in [6.07, 6.45) is 6.87. The van der Waals surface area contributed by atoms with Crippen molar-refractivity contribution in [1.82, 2.24) is 19.7 Å². The van der Waals surface area contributed by atoms with Crippen LogP contribution in [-0.4, -0.2) is 70.5 Å². The lowest BCUT2D eigenvalue weighted by atomic mass is 9.97. The van der Waals surface area contributed by atoms with E-state index in [0.29, 0.717) is 11.7 Å². The van der Waals surface area contributed by atoms with E-state index in [2.05, 4.69) is 58.1 Å². The molecule has 36 heavy (non-hydrogen) atoms. The first-order valence-electron chi connectivity index (χ1n) is 13.1. The van der Waals surface area contributed by atoms with E-state index in [0.717, 1.165) is 62.1 Å². The van der Waals surface area contributed by atoms with Crippen LogP contribution in [0, 0.1) is 18.8 Å².